The molecule has 9 nitrogen and oxygen atoms in total. The molecule has 0 spiro atoms. The van der Waals surface area contributed by atoms with Crippen molar-refractivity contribution < 1.29 is 23.5 Å². The fourth-order valence-corrected chi connectivity index (χ4v) is 5.69. The van der Waals surface area contributed by atoms with E-state index in [9.17, 15) is 23.5 Å². The van der Waals surface area contributed by atoms with Crippen molar-refractivity contribution in [3.05, 3.63) is 82.4 Å². The summed E-state index contributed by atoms with van der Waals surface area (Å²) in [5, 5.41) is 18.5. The lowest BCUT2D eigenvalue weighted by atomic mass is 10.0. The number of amides is 1. The van der Waals surface area contributed by atoms with Crippen molar-refractivity contribution in [2.45, 2.75) is 45.3 Å². The fraction of sp³-hybridized carbons (Fsp3) is 0.333. The summed E-state index contributed by atoms with van der Waals surface area (Å²) < 4.78 is 31.8. The maximum Gasteiger partial charge on any atom is 0.339 e. The van der Waals surface area contributed by atoms with E-state index in [1.165, 1.54) is 12.3 Å². The van der Waals surface area contributed by atoms with Crippen LogP contribution in [0.3, 0.4) is 0 Å². The Kier molecular flexibility index (Phi) is 5.85. The van der Waals surface area contributed by atoms with Crippen molar-refractivity contribution in [2.24, 2.45) is 0 Å². The molecule has 1 fully saturated rings. The second-order valence-electron chi connectivity index (χ2n) is 9.67. The number of aromatic carboxylic acids is 1. The molecule has 38 heavy (non-hydrogen) atoms. The average Bonchev–Trinajstić information content (AvgIpc) is 3.65. The van der Waals surface area contributed by atoms with E-state index in [0.29, 0.717) is 60.5 Å². The molecule has 1 saturated heterocycles. The third-order valence-corrected chi connectivity index (χ3v) is 7.53. The molecule has 0 radical (unpaired) electrons. The van der Waals surface area contributed by atoms with Gasteiger partial charge in [0, 0.05) is 30.5 Å². The first-order valence-electron chi connectivity index (χ1n) is 12.7. The molecule has 1 aromatic carbocycles. The summed E-state index contributed by atoms with van der Waals surface area (Å²) in [6.45, 7) is 3.45. The first-order valence-corrected chi connectivity index (χ1v) is 12.7. The van der Waals surface area contributed by atoms with Crippen molar-refractivity contribution in [1.82, 2.24) is 24.3 Å². The van der Waals surface area contributed by atoms with Crippen molar-refractivity contribution in [1.29, 1.82) is 0 Å². The molecule has 4 aromatic rings. The van der Waals surface area contributed by atoms with E-state index in [1.54, 1.807) is 20.3 Å². The second kappa shape index (κ2) is 9.23. The molecule has 0 saturated carbocycles. The number of aromatic nitrogens is 4. The fourth-order valence-electron chi connectivity index (χ4n) is 5.69. The molecule has 6 rings (SSSR count). The van der Waals surface area contributed by atoms with Gasteiger partial charge in [0.1, 0.15) is 17.2 Å². The molecular weight excluding hydrogens is 494 g/mol. The zero-order valence-corrected chi connectivity index (χ0v) is 20.8. The number of carboxylic acids is 1. The van der Waals surface area contributed by atoms with Gasteiger partial charge in [0.2, 0.25) is 0 Å². The standard InChI is InChI=1S/C27H26F2N6O3/c1-2-21-25(27(37)38)24-15-32(10-11-35(24)31-21)26(36)19-14-30-34-9-7-17(13-23(19)34)33-8-3-4-22(33)18-12-16(28)5-6-20(18)29/h5-7,9,12-14,22H,2-4,8,10-11,15H2,1H3,(H,37,38)/t22-/m1/s1. The minimum absolute atomic E-state index is 0.136. The number of pyridine rings is 1. The van der Waals surface area contributed by atoms with E-state index < -0.39 is 17.6 Å². The van der Waals surface area contributed by atoms with Crippen LogP contribution >= 0.6 is 0 Å². The summed E-state index contributed by atoms with van der Waals surface area (Å²) in [6, 6.07) is 6.91. The van der Waals surface area contributed by atoms with Gasteiger partial charge in [-0.05, 0) is 49.6 Å². The summed E-state index contributed by atoms with van der Waals surface area (Å²) in [6.07, 6.45) is 5.26. The van der Waals surface area contributed by atoms with Gasteiger partial charge < -0.3 is 14.9 Å². The Hall–Kier alpha value is -4.28. The van der Waals surface area contributed by atoms with Crippen LogP contribution in [0.15, 0.2) is 42.7 Å². The number of carboxylic acid groups (broad SMARTS) is 1. The number of carbonyl (C=O) groups is 2. The van der Waals surface area contributed by atoms with E-state index in [4.69, 9.17) is 0 Å². The number of aryl methyl sites for hydroxylation is 1. The first kappa shape index (κ1) is 24.1. The van der Waals surface area contributed by atoms with E-state index in [-0.39, 0.29) is 24.1 Å². The molecule has 0 aliphatic carbocycles. The van der Waals surface area contributed by atoms with Crippen LogP contribution in [-0.2, 0) is 19.5 Å². The van der Waals surface area contributed by atoms with Crippen LogP contribution in [-0.4, -0.2) is 54.4 Å². The minimum atomic E-state index is -1.05. The Balaban J connectivity index is 1.32. The molecule has 11 heteroatoms. The Morgan fingerprint density at radius 2 is 1.97 bits per heavy atom. The quantitative estimate of drug-likeness (QED) is 0.426. The number of hydrogen-bond donors (Lipinski definition) is 1. The highest BCUT2D eigenvalue weighted by atomic mass is 19.1. The minimum Gasteiger partial charge on any atom is -0.478 e. The maximum atomic E-state index is 14.6. The predicted octanol–water partition coefficient (Wildman–Crippen LogP) is 4.07. The zero-order chi connectivity index (χ0) is 26.6. The van der Waals surface area contributed by atoms with Gasteiger partial charge in [0.15, 0.2) is 0 Å². The Morgan fingerprint density at radius 3 is 2.76 bits per heavy atom. The lowest BCUT2D eigenvalue weighted by Gasteiger charge is -2.28. The van der Waals surface area contributed by atoms with Crippen molar-refractivity contribution in [3.63, 3.8) is 0 Å². The monoisotopic (exact) mass is 520 g/mol. The third-order valence-electron chi connectivity index (χ3n) is 7.53. The molecule has 0 bridgehead atoms. The smallest absolute Gasteiger partial charge is 0.339 e. The number of rotatable bonds is 5. The van der Waals surface area contributed by atoms with Gasteiger partial charge in [-0.15, -0.1) is 0 Å². The van der Waals surface area contributed by atoms with Crippen LogP contribution in [0.5, 0.6) is 0 Å². The molecule has 3 aromatic heterocycles. The van der Waals surface area contributed by atoms with E-state index in [1.807, 2.05) is 24.0 Å². The van der Waals surface area contributed by atoms with Crippen molar-refractivity contribution in [3.8, 4) is 0 Å². The normalized spacial score (nSPS) is 17.3. The zero-order valence-electron chi connectivity index (χ0n) is 20.8. The number of benzene rings is 1. The van der Waals surface area contributed by atoms with Crippen LogP contribution in [0.25, 0.3) is 5.52 Å². The maximum absolute atomic E-state index is 14.6. The number of nitrogens with zero attached hydrogens (tertiary/aromatic N) is 6. The van der Waals surface area contributed by atoms with Crippen molar-refractivity contribution >= 4 is 23.1 Å². The topological polar surface area (TPSA) is 96.0 Å². The molecule has 1 N–H and O–H groups in total. The van der Waals surface area contributed by atoms with Crippen LogP contribution in [0, 0.1) is 11.6 Å². The Labute approximate surface area is 216 Å². The molecule has 1 amide bonds. The number of fused-ring (bicyclic) bond motifs is 2. The van der Waals surface area contributed by atoms with Gasteiger partial charge in [0.25, 0.3) is 5.91 Å². The average molecular weight is 521 g/mol. The van der Waals surface area contributed by atoms with Gasteiger partial charge in [-0.25, -0.2) is 18.1 Å². The van der Waals surface area contributed by atoms with Gasteiger partial charge in [0.05, 0.1) is 47.8 Å². The largest absolute Gasteiger partial charge is 0.478 e. The van der Waals surface area contributed by atoms with E-state index >= 15 is 0 Å². The second-order valence-corrected chi connectivity index (χ2v) is 9.67. The lowest BCUT2D eigenvalue weighted by Crippen LogP contribution is -2.39. The molecule has 1 atom stereocenters. The summed E-state index contributed by atoms with van der Waals surface area (Å²) in [4.78, 5) is 29.2. The lowest BCUT2D eigenvalue weighted by molar-refractivity contribution is 0.0666. The van der Waals surface area contributed by atoms with Crippen molar-refractivity contribution in [2.75, 3.05) is 18.0 Å². The van der Waals surface area contributed by atoms with Crippen LogP contribution in [0.4, 0.5) is 14.5 Å². The van der Waals surface area contributed by atoms with E-state index in [0.717, 1.165) is 24.2 Å². The Bertz CT molecular complexity index is 1580. The number of anilines is 1. The summed E-state index contributed by atoms with van der Waals surface area (Å²) in [5.74, 6) is -2.23. The molecule has 2 aliphatic rings. The SMILES string of the molecule is CCc1nn2c(c1C(=O)O)CN(C(=O)c1cnn3ccc(N4CCC[C@@H]4c4cc(F)ccc4F)cc13)CC2. The predicted molar refractivity (Wildman–Crippen MR) is 134 cm³/mol. The Morgan fingerprint density at radius 1 is 1.13 bits per heavy atom. The summed E-state index contributed by atoms with van der Waals surface area (Å²) >= 11 is 0. The van der Waals surface area contributed by atoms with Crippen LogP contribution in [0.1, 0.15) is 63.5 Å². The van der Waals surface area contributed by atoms with Crippen LogP contribution < -0.4 is 4.90 Å². The number of halogens is 2. The van der Waals surface area contributed by atoms with Gasteiger partial charge in [-0.2, -0.15) is 10.2 Å². The van der Waals surface area contributed by atoms with Gasteiger partial charge >= 0.3 is 5.97 Å². The third kappa shape index (κ3) is 3.89. The molecule has 0 unspecified atom stereocenters. The highest BCUT2D eigenvalue weighted by Gasteiger charge is 2.32. The number of carbonyl (C=O) groups excluding carboxylic acids is 1. The first-order chi connectivity index (χ1) is 18.4. The van der Waals surface area contributed by atoms with E-state index in [2.05, 4.69) is 10.2 Å². The molecule has 5 heterocycles. The van der Waals surface area contributed by atoms with Gasteiger partial charge in [-0.1, -0.05) is 6.92 Å². The highest BCUT2D eigenvalue weighted by Crippen LogP contribution is 2.38. The number of hydrogen-bond acceptors (Lipinski definition) is 5. The summed E-state index contributed by atoms with van der Waals surface area (Å²) in [7, 11) is 0. The molecular formula is C27H26F2N6O3. The van der Waals surface area contributed by atoms with Gasteiger partial charge in [-0.3, -0.25) is 9.48 Å². The molecule has 196 valence electrons. The molecule has 2 aliphatic heterocycles. The highest BCUT2D eigenvalue weighted by molar-refractivity contribution is 6.01. The summed E-state index contributed by atoms with van der Waals surface area (Å²) in [5.41, 5.74) is 3.27. The van der Waals surface area contributed by atoms with Crippen LogP contribution in [0.2, 0.25) is 0 Å².